The smallest absolute Gasteiger partial charge is 0.0964 e. The second-order valence-corrected chi connectivity index (χ2v) is 5.22. The number of hydrogen-bond acceptors (Lipinski definition) is 1. The molecule has 1 aliphatic rings. The molecule has 0 saturated carbocycles. The second kappa shape index (κ2) is 2.49. The molecule has 0 saturated heterocycles. The van der Waals surface area contributed by atoms with Crippen molar-refractivity contribution in [2.24, 2.45) is 0 Å². The van der Waals surface area contributed by atoms with Crippen molar-refractivity contribution < 1.29 is 0 Å². The van der Waals surface area contributed by atoms with Crippen molar-refractivity contribution >= 4 is 21.6 Å². The highest BCUT2D eigenvalue weighted by Crippen LogP contribution is 2.40. The predicted molar refractivity (Wildman–Crippen MR) is 55.9 cm³/mol. The molecule has 0 bridgehead atoms. The molecule has 0 radical (unpaired) electrons. The molecule has 12 heavy (non-hydrogen) atoms. The molecule has 1 aliphatic heterocycles. The largest absolute Gasteiger partial charge is 0.359 e. The summed E-state index contributed by atoms with van der Waals surface area (Å²) in [6.45, 7) is 2.20. The number of rotatable bonds is 0. The minimum atomic E-state index is 0.108. The summed E-state index contributed by atoms with van der Waals surface area (Å²) in [6.07, 6.45) is 1.08. The van der Waals surface area contributed by atoms with Gasteiger partial charge in [0.1, 0.15) is 0 Å². The number of alkyl halides is 1. The molecule has 1 nitrogen and oxygen atoms in total. The van der Waals surface area contributed by atoms with Crippen LogP contribution in [0.2, 0.25) is 0 Å². The lowest BCUT2D eigenvalue weighted by molar-refractivity contribution is 0.684. The van der Waals surface area contributed by atoms with Gasteiger partial charge >= 0.3 is 0 Å². The molecule has 1 aromatic carbocycles. The zero-order chi connectivity index (χ0) is 8.77. The standard InChI is InChI=1S/C10H12BrN/c1-10(11)7-8-5-3-4-6-9(8)12(10)2/h3-6H,7H2,1-2H3. The van der Waals surface area contributed by atoms with E-state index in [1.807, 2.05) is 0 Å². The van der Waals surface area contributed by atoms with Crippen LogP contribution < -0.4 is 4.90 Å². The molecule has 64 valence electrons. The third-order valence-electron chi connectivity index (χ3n) is 2.57. The van der Waals surface area contributed by atoms with E-state index in [2.05, 4.69) is 59.1 Å². The van der Waals surface area contributed by atoms with Crippen LogP contribution in [0.15, 0.2) is 24.3 Å². The fourth-order valence-corrected chi connectivity index (χ4v) is 2.20. The molecule has 0 fully saturated rings. The zero-order valence-electron chi connectivity index (χ0n) is 7.34. The maximum atomic E-state index is 3.71. The molecule has 2 rings (SSSR count). The topological polar surface area (TPSA) is 3.24 Å². The van der Waals surface area contributed by atoms with Crippen molar-refractivity contribution in [1.82, 2.24) is 0 Å². The fraction of sp³-hybridized carbons (Fsp3) is 0.400. The summed E-state index contributed by atoms with van der Waals surface area (Å²) in [4.78, 5) is 2.28. The Morgan fingerprint density at radius 2 is 2.08 bits per heavy atom. The summed E-state index contributed by atoms with van der Waals surface area (Å²) < 4.78 is 0.108. The molecule has 1 unspecified atom stereocenters. The van der Waals surface area contributed by atoms with Crippen molar-refractivity contribution in [2.75, 3.05) is 11.9 Å². The van der Waals surface area contributed by atoms with E-state index in [9.17, 15) is 0 Å². The van der Waals surface area contributed by atoms with E-state index in [0.717, 1.165) is 6.42 Å². The first-order valence-electron chi connectivity index (χ1n) is 4.12. The minimum absolute atomic E-state index is 0.108. The summed E-state index contributed by atoms with van der Waals surface area (Å²) in [5.74, 6) is 0. The molecule has 1 aromatic rings. The second-order valence-electron chi connectivity index (χ2n) is 3.51. The number of anilines is 1. The highest BCUT2D eigenvalue weighted by Gasteiger charge is 2.34. The highest BCUT2D eigenvalue weighted by molar-refractivity contribution is 9.10. The first-order chi connectivity index (χ1) is 5.61. The molecular weight excluding hydrogens is 214 g/mol. The van der Waals surface area contributed by atoms with Crippen molar-refractivity contribution in [2.45, 2.75) is 17.8 Å². The number of hydrogen-bond donors (Lipinski definition) is 0. The van der Waals surface area contributed by atoms with E-state index in [1.165, 1.54) is 11.3 Å². The van der Waals surface area contributed by atoms with Gasteiger partial charge in [0.05, 0.1) is 4.45 Å². The van der Waals surface area contributed by atoms with Gasteiger partial charge in [-0.15, -0.1) is 0 Å². The van der Waals surface area contributed by atoms with Crippen LogP contribution in [0.25, 0.3) is 0 Å². The third kappa shape index (κ3) is 1.06. The molecule has 0 aliphatic carbocycles. The van der Waals surface area contributed by atoms with Gasteiger partial charge in [-0.05, 0) is 18.6 Å². The minimum Gasteiger partial charge on any atom is -0.359 e. The van der Waals surface area contributed by atoms with E-state index >= 15 is 0 Å². The Bertz CT molecular complexity index is 306. The van der Waals surface area contributed by atoms with Gasteiger partial charge in [-0.25, -0.2) is 0 Å². The van der Waals surface area contributed by atoms with Crippen LogP contribution in [0, 0.1) is 0 Å². The van der Waals surface area contributed by atoms with E-state index in [0.29, 0.717) is 0 Å². The van der Waals surface area contributed by atoms with Crippen LogP contribution in [-0.4, -0.2) is 11.5 Å². The molecular formula is C10H12BrN. The third-order valence-corrected chi connectivity index (χ3v) is 3.38. The first-order valence-corrected chi connectivity index (χ1v) is 4.91. The normalized spacial score (nSPS) is 27.4. The Hall–Kier alpha value is -0.500. The Morgan fingerprint density at radius 1 is 1.42 bits per heavy atom. The van der Waals surface area contributed by atoms with E-state index in [4.69, 9.17) is 0 Å². The van der Waals surface area contributed by atoms with Gasteiger partial charge in [0, 0.05) is 19.2 Å². The van der Waals surface area contributed by atoms with Gasteiger partial charge in [0.25, 0.3) is 0 Å². The van der Waals surface area contributed by atoms with Crippen LogP contribution in [0.5, 0.6) is 0 Å². The lowest BCUT2D eigenvalue weighted by Crippen LogP contribution is -2.34. The molecule has 0 aromatic heterocycles. The lowest BCUT2D eigenvalue weighted by Gasteiger charge is -2.27. The lowest BCUT2D eigenvalue weighted by atomic mass is 10.1. The molecule has 0 spiro atoms. The summed E-state index contributed by atoms with van der Waals surface area (Å²) in [6, 6.07) is 8.55. The number of fused-ring (bicyclic) bond motifs is 1. The molecule has 2 heteroatoms. The molecule has 1 atom stereocenters. The predicted octanol–water partition coefficient (Wildman–Crippen LogP) is 2.79. The number of para-hydroxylation sites is 1. The summed E-state index contributed by atoms with van der Waals surface area (Å²) in [5.41, 5.74) is 2.77. The monoisotopic (exact) mass is 225 g/mol. The van der Waals surface area contributed by atoms with Gasteiger partial charge in [-0.2, -0.15) is 0 Å². The van der Waals surface area contributed by atoms with Gasteiger partial charge in [-0.1, -0.05) is 34.1 Å². The quantitative estimate of drug-likeness (QED) is 0.485. The number of benzene rings is 1. The van der Waals surface area contributed by atoms with Crippen LogP contribution in [0.3, 0.4) is 0 Å². The van der Waals surface area contributed by atoms with Gasteiger partial charge in [0.15, 0.2) is 0 Å². The van der Waals surface area contributed by atoms with Gasteiger partial charge in [0.2, 0.25) is 0 Å². The average Bonchev–Trinajstić information content (AvgIpc) is 2.24. The molecule has 0 amide bonds. The molecule has 0 N–H and O–H groups in total. The van der Waals surface area contributed by atoms with Crippen molar-refractivity contribution in [3.05, 3.63) is 29.8 Å². The maximum absolute atomic E-state index is 3.71. The SMILES string of the molecule is CN1c2ccccc2CC1(C)Br. The zero-order valence-corrected chi connectivity index (χ0v) is 8.93. The molecule has 1 heterocycles. The van der Waals surface area contributed by atoms with Gasteiger partial charge < -0.3 is 4.90 Å². The number of halogens is 1. The van der Waals surface area contributed by atoms with E-state index < -0.39 is 0 Å². The Morgan fingerprint density at radius 3 is 2.75 bits per heavy atom. The highest BCUT2D eigenvalue weighted by atomic mass is 79.9. The van der Waals surface area contributed by atoms with E-state index in [-0.39, 0.29) is 4.45 Å². The summed E-state index contributed by atoms with van der Waals surface area (Å²) >= 11 is 3.71. The van der Waals surface area contributed by atoms with E-state index in [1.54, 1.807) is 0 Å². The van der Waals surface area contributed by atoms with Crippen molar-refractivity contribution in [3.63, 3.8) is 0 Å². The Labute approximate surface area is 81.5 Å². The van der Waals surface area contributed by atoms with Crippen molar-refractivity contribution in [1.29, 1.82) is 0 Å². The first kappa shape index (κ1) is 8.11. The van der Waals surface area contributed by atoms with Crippen LogP contribution in [0.4, 0.5) is 5.69 Å². The number of nitrogens with zero attached hydrogens (tertiary/aromatic N) is 1. The van der Waals surface area contributed by atoms with Crippen LogP contribution in [-0.2, 0) is 6.42 Å². The summed E-state index contributed by atoms with van der Waals surface area (Å²) in [5, 5.41) is 0. The Kier molecular flexibility index (Phi) is 1.69. The van der Waals surface area contributed by atoms with Gasteiger partial charge in [-0.3, -0.25) is 0 Å². The average molecular weight is 226 g/mol. The Balaban J connectivity index is 2.49. The van der Waals surface area contributed by atoms with Crippen LogP contribution >= 0.6 is 15.9 Å². The number of likely N-dealkylation sites (N-methyl/N-ethyl adjacent to an activating group) is 1. The maximum Gasteiger partial charge on any atom is 0.0964 e. The fourth-order valence-electron chi connectivity index (χ4n) is 1.70. The summed E-state index contributed by atoms with van der Waals surface area (Å²) in [7, 11) is 2.13. The van der Waals surface area contributed by atoms with Crippen molar-refractivity contribution in [3.8, 4) is 0 Å². The van der Waals surface area contributed by atoms with Crippen LogP contribution in [0.1, 0.15) is 12.5 Å².